The molecule has 0 aromatic rings. The molecule has 0 saturated heterocycles. The molecule has 0 atom stereocenters. The molecule has 88 valence electrons. The predicted octanol–water partition coefficient (Wildman–Crippen LogP) is 4.82. The molecule has 0 aliphatic rings. The van der Waals surface area contributed by atoms with Crippen LogP contribution in [0.15, 0.2) is 0 Å². The van der Waals surface area contributed by atoms with Crippen molar-refractivity contribution in [3.63, 3.8) is 0 Å². The van der Waals surface area contributed by atoms with Crippen LogP contribution in [0.5, 0.6) is 0 Å². The van der Waals surface area contributed by atoms with Crippen LogP contribution >= 0.6 is 0 Å². The van der Waals surface area contributed by atoms with Gasteiger partial charge in [-0.2, -0.15) is 0 Å². The predicted molar refractivity (Wildman–Crippen MR) is 74.6 cm³/mol. The third-order valence-corrected chi connectivity index (χ3v) is 3.08. The Balaban J connectivity index is 2.89. The molecule has 0 aromatic heterocycles. The summed E-state index contributed by atoms with van der Waals surface area (Å²) in [4.78, 5) is 0. The van der Waals surface area contributed by atoms with Crippen molar-refractivity contribution in [1.29, 1.82) is 0 Å². The Kier molecular flexibility index (Phi) is 15.3. The van der Waals surface area contributed by atoms with E-state index in [2.05, 4.69) is 17.4 Å². The Bertz CT molecular complexity index is 176. The fourth-order valence-corrected chi connectivity index (χ4v) is 2.00. The second kappa shape index (κ2) is 15.2. The molecule has 0 radical (unpaired) electrons. The van der Waals surface area contributed by atoms with E-state index in [-0.39, 0.29) is 0 Å². The quantitative estimate of drug-likeness (QED) is 0.263. The van der Waals surface area contributed by atoms with E-state index in [1.807, 2.05) is 17.7 Å². The summed E-state index contributed by atoms with van der Waals surface area (Å²) in [5.41, 5.74) is 0. The first kappa shape index (κ1) is 16.2. The summed E-state index contributed by atoms with van der Waals surface area (Å²) in [6, 6.07) is 0. The summed E-state index contributed by atoms with van der Waals surface area (Å²) < 4.78 is 2.95. The molecule has 0 saturated carbocycles. The molecule has 0 bridgehead atoms. The van der Waals surface area contributed by atoms with Crippen LogP contribution in [0, 0.1) is 10.5 Å². The van der Waals surface area contributed by atoms with Crippen molar-refractivity contribution in [2.75, 3.05) is 0 Å². The zero-order chi connectivity index (χ0) is 11.9. The smallest absolute Gasteiger partial charge is 0.0654 e. The fourth-order valence-electron chi connectivity index (χ4n) is 2.00. The Hall–Kier alpha value is 0.157. The summed E-state index contributed by atoms with van der Waals surface area (Å²) in [7, 11) is 0. The van der Waals surface area contributed by atoms with E-state index >= 15 is 0 Å². The molecule has 0 fully saturated rings. The summed E-state index contributed by atoms with van der Waals surface area (Å²) in [5, 5.41) is 0. The molecule has 0 N–H and O–H groups in total. The molecule has 0 spiro atoms. The Morgan fingerprint density at radius 1 is 0.688 bits per heavy atom. The van der Waals surface area contributed by atoms with Gasteiger partial charge < -0.3 is 0 Å². The number of rotatable bonds is 11. The van der Waals surface area contributed by atoms with Crippen LogP contribution in [-0.2, 0) is 0 Å². The Labute approximate surface area is 112 Å². The maximum absolute atomic E-state index is 3.13. The first-order valence-corrected chi connectivity index (χ1v) is 7.31. The van der Waals surface area contributed by atoms with Gasteiger partial charge in [0.2, 0.25) is 0 Å². The molecule has 0 aromatic carbocycles. The van der Waals surface area contributed by atoms with Gasteiger partial charge in [-0.25, -0.2) is 0 Å². The van der Waals surface area contributed by atoms with Crippen LogP contribution in [0.2, 0.25) is 0 Å². The van der Waals surface area contributed by atoms with Crippen molar-refractivity contribution in [1.82, 2.24) is 0 Å². The zero-order valence-electron chi connectivity index (χ0n) is 11.5. The van der Waals surface area contributed by atoms with E-state index in [1.165, 1.54) is 70.6 Å². The van der Waals surface area contributed by atoms with Crippen molar-refractivity contribution >= 4 is 17.7 Å². The van der Waals surface area contributed by atoms with Crippen LogP contribution in [0.3, 0.4) is 0 Å². The van der Waals surface area contributed by atoms with Crippen molar-refractivity contribution < 1.29 is 0 Å². The van der Waals surface area contributed by atoms with E-state index in [1.54, 1.807) is 0 Å². The van der Waals surface area contributed by atoms with Crippen molar-refractivity contribution in [2.45, 2.75) is 84.0 Å². The minimum absolute atomic E-state index is 1.10. The van der Waals surface area contributed by atoms with Crippen LogP contribution in [-0.4, -0.2) is 17.7 Å². The molecule has 0 rings (SSSR count). The molecule has 0 unspecified atom stereocenters. The van der Waals surface area contributed by atoms with Gasteiger partial charge in [0.1, 0.15) is 0 Å². The van der Waals surface area contributed by atoms with Gasteiger partial charge in [-0.05, 0) is 0 Å². The summed E-state index contributed by atoms with van der Waals surface area (Å²) in [6.45, 7) is 2.28. The second-order valence-corrected chi connectivity index (χ2v) is 4.71. The van der Waals surface area contributed by atoms with Gasteiger partial charge in [-0.15, -0.1) is 0 Å². The SMILES string of the molecule is [Li][C]#CCCCCCCCCCCCCC. The van der Waals surface area contributed by atoms with Crippen LogP contribution in [0.1, 0.15) is 84.0 Å². The van der Waals surface area contributed by atoms with E-state index in [0.717, 1.165) is 6.42 Å². The molecule has 0 nitrogen and oxygen atoms in total. The molecular weight excluding hydrogens is 187 g/mol. The first-order chi connectivity index (χ1) is 7.91. The van der Waals surface area contributed by atoms with Crippen molar-refractivity contribution in [2.24, 2.45) is 0 Å². The van der Waals surface area contributed by atoms with Gasteiger partial charge in [0.15, 0.2) is 0 Å². The zero-order valence-corrected chi connectivity index (χ0v) is 11.5. The molecule has 0 heterocycles. The number of hydrogen-bond donors (Lipinski definition) is 0. The van der Waals surface area contributed by atoms with Gasteiger partial charge in [0, 0.05) is 0 Å². The third-order valence-electron chi connectivity index (χ3n) is 3.08. The van der Waals surface area contributed by atoms with Crippen LogP contribution in [0.25, 0.3) is 0 Å². The minimum Gasteiger partial charge on any atom is -0.0654 e. The number of unbranched alkanes of at least 4 members (excludes halogenated alkanes) is 11. The number of hydrogen-bond acceptors (Lipinski definition) is 0. The maximum atomic E-state index is 3.13. The van der Waals surface area contributed by atoms with Gasteiger partial charge >= 0.3 is 92.4 Å². The van der Waals surface area contributed by atoms with Crippen LogP contribution in [0.4, 0.5) is 0 Å². The van der Waals surface area contributed by atoms with Crippen molar-refractivity contribution in [3.05, 3.63) is 0 Å². The molecule has 16 heavy (non-hydrogen) atoms. The second-order valence-electron chi connectivity index (χ2n) is 4.71. The normalized spacial score (nSPS) is 9.94. The van der Waals surface area contributed by atoms with Crippen molar-refractivity contribution in [3.8, 4) is 10.5 Å². The van der Waals surface area contributed by atoms with E-state index in [9.17, 15) is 0 Å². The fraction of sp³-hybridized carbons (Fsp3) is 0.867. The van der Waals surface area contributed by atoms with E-state index < -0.39 is 0 Å². The minimum atomic E-state index is 1.10. The summed E-state index contributed by atoms with van der Waals surface area (Å²) in [5.74, 6) is 3.13. The average Bonchev–Trinajstić information content (AvgIpc) is 2.31. The van der Waals surface area contributed by atoms with Gasteiger partial charge in [0.25, 0.3) is 0 Å². The van der Waals surface area contributed by atoms with E-state index in [0.29, 0.717) is 0 Å². The molecular formula is C15H27Li. The topological polar surface area (TPSA) is 0 Å². The molecule has 0 aliphatic heterocycles. The summed E-state index contributed by atoms with van der Waals surface area (Å²) in [6.07, 6.45) is 16.7. The first-order valence-electron chi connectivity index (χ1n) is 7.31. The van der Waals surface area contributed by atoms with Gasteiger partial charge in [-0.1, -0.05) is 19.8 Å². The Morgan fingerprint density at radius 3 is 1.56 bits per heavy atom. The summed E-state index contributed by atoms with van der Waals surface area (Å²) >= 11 is 1.93. The monoisotopic (exact) mass is 214 g/mol. The van der Waals surface area contributed by atoms with Crippen LogP contribution < -0.4 is 0 Å². The molecule has 1 heteroatoms. The van der Waals surface area contributed by atoms with Gasteiger partial charge in [0.05, 0.1) is 0 Å². The van der Waals surface area contributed by atoms with Gasteiger partial charge in [-0.3, -0.25) is 0 Å². The Morgan fingerprint density at radius 2 is 1.12 bits per heavy atom. The third kappa shape index (κ3) is 14.2. The van der Waals surface area contributed by atoms with E-state index in [4.69, 9.17) is 0 Å². The molecule has 0 amide bonds. The standard InChI is InChI=1S/C15H27.Li/c1-3-5-7-9-11-13-15-14-12-10-8-6-4-2;/h3,5-15H2,1H3;. The average molecular weight is 214 g/mol. The molecule has 0 aliphatic carbocycles.